The number of nitrogens with zero attached hydrogens (tertiary/aromatic N) is 1. The summed E-state index contributed by atoms with van der Waals surface area (Å²) in [5, 5.41) is 0. The van der Waals surface area contributed by atoms with Crippen molar-refractivity contribution in [2.24, 2.45) is 4.99 Å². The van der Waals surface area contributed by atoms with E-state index in [1.54, 1.807) is 0 Å². The molecular weight excluding hydrogens is 134 g/mol. The Bertz CT molecular complexity index is 185. The lowest BCUT2D eigenvalue weighted by atomic mass is 10.3. The average Bonchev–Trinajstić information content (AvgIpc) is 2.00. The van der Waals surface area contributed by atoms with Gasteiger partial charge >= 0.3 is 0 Å². The van der Waals surface area contributed by atoms with Gasteiger partial charge in [0, 0.05) is 11.4 Å². The summed E-state index contributed by atoms with van der Waals surface area (Å²) in [6.45, 7) is 8.13. The highest BCUT2D eigenvalue weighted by Crippen LogP contribution is 1.95. The molecule has 0 N–H and O–H groups in total. The molecule has 0 radical (unpaired) electrons. The quantitative estimate of drug-likeness (QED) is 0.548. The summed E-state index contributed by atoms with van der Waals surface area (Å²) in [7, 11) is 0. The van der Waals surface area contributed by atoms with Crippen molar-refractivity contribution in [2.45, 2.75) is 34.1 Å². The first kappa shape index (κ1) is 10.2. The fourth-order valence-corrected chi connectivity index (χ4v) is 0.668. The van der Waals surface area contributed by atoms with Crippen molar-refractivity contribution in [3.63, 3.8) is 0 Å². The van der Waals surface area contributed by atoms with Crippen molar-refractivity contribution in [2.75, 3.05) is 0 Å². The monoisotopic (exact) mass is 151 g/mol. The Morgan fingerprint density at radius 2 is 2.00 bits per heavy atom. The van der Waals surface area contributed by atoms with E-state index in [-0.39, 0.29) is 0 Å². The summed E-state index contributed by atoms with van der Waals surface area (Å²) < 4.78 is 0. The molecule has 1 heteroatoms. The van der Waals surface area contributed by atoms with E-state index < -0.39 is 0 Å². The number of allylic oxidation sites excluding steroid dienone is 4. The summed E-state index contributed by atoms with van der Waals surface area (Å²) in [6, 6.07) is 0. The van der Waals surface area contributed by atoms with Crippen LogP contribution in [0.25, 0.3) is 0 Å². The van der Waals surface area contributed by atoms with Crippen LogP contribution in [-0.2, 0) is 0 Å². The SMILES string of the molecule is C\C=C(C)/N=C(C)/C=C/CC. The standard InChI is InChI=1S/C10H17N/c1-5-7-8-10(4)11-9(3)6-2/h6-8H,5H2,1-4H3/b8-7+,9-6-,11-10+. The molecule has 62 valence electrons. The van der Waals surface area contributed by atoms with Gasteiger partial charge in [0.15, 0.2) is 0 Å². The Morgan fingerprint density at radius 1 is 1.36 bits per heavy atom. The van der Waals surface area contributed by atoms with Crippen molar-refractivity contribution < 1.29 is 0 Å². The van der Waals surface area contributed by atoms with Crippen LogP contribution in [0.4, 0.5) is 0 Å². The van der Waals surface area contributed by atoms with Gasteiger partial charge in [-0.05, 0) is 33.3 Å². The van der Waals surface area contributed by atoms with Crippen molar-refractivity contribution in [1.29, 1.82) is 0 Å². The fourth-order valence-electron chi connectivity index (χ4n) is 0.668. The maximum atomic E-state index is 4.32. The molecule has 0 aliphatic heterocycles. The smallest absolute Gasteiger partial charge is 0.0372 e. The molecule has 1 nitrogen and oxygen atoms in total. The summed E-state index contributed by atoms with van der Waals surface area (Å²) >= 11 is 0. The highest BCUT2D eigenvalue weighted by molar-refractivity contribution is 5.93. The molecule has 0 fully saturated rings. The number of hydrogen-bond donors (Lipinski definition) is 0. The minimum Gasteiger partial charge on any atom is -0.259 e. The third-order valence-corrected chi connectivity index (χ3v) is 1.37. The van der Waals surface area contributed by atoms with Gasteiger partial charge in [0.1, 0.15) is 0 Å². The summed E-state index contributed by atoms with van der Waals surface area (Å²) in [6.07, 6.45) is 7.24. The Kier molecular flexibility index (Phi) is 5.44. The van der Waals surface area contributed by atoms with Gasteiger partial charge in [0.05, 0.1) is 0 Å². The summed E-state index contributed by atoms with van der Waals surface area (Å²) in [5.41, 5.74) is 2.14. The van der Waals surface area contributed by atoms with Gasteiger partial charge in [0.25, 0.3) is 0 Å². The first-order valence-corrected chi connectivity index (χ1v) is 4.05. The Labute approximate surface area is 69.5 Å². The first-order chi connectivity index (χ1) is 5.20. The summed E-state index contributed by atoms with van der Waals surface area (Å²) in [5.74, 6) is 0. The Balaban J connectivity index is 4.11. The molecule has 0 heterocycles. The van der Waals surface area contributed by atoms with Crippen LogP contribution in [0.1, 0.15) is 34.1 Å². The van der Waals surface area contributed by atoms with Gasteiger partial charge in [0.2, 0.25) is 0 Å². The maximum Gasteiger partial charge on any atom is 0.0372 e. The molecule has 0 saturated carbocycles. The highest BCUT2D eigenvalue weighted by Gasteiger charge is 1.82. The van der Waals surface area contributed by atoms with Crippen LogP contribution in [0.15, 0.2) is 28.9 Å². The molecule has 0 atom stereocenters. The van der Waals surface area contributed by atoms with Crippen molar-refractivity contribution in [1.82, 2.24) is 0 Å². The van der Waals surface area contributed by atoms with Crippen LogP contribution in [-0.4, -0.2) is 5.71 Å². The fraction of sp³-hybridized carbons (Fsp3) is 0.500. The molecule has 0 aromatic rings. The molecule has 11 heavy (non-hydrogen) atoms. The molecule has 0 unspecified atom stereocenters. The molecule has 0 aromatic heterocycles. The first-order valence-electron chi connectivity index (χ1n) is 4.05. The van der Waals surface area contributed by atoms with Crippen molar-refractivity contribution >= 4 is 5.71 Å². The third-order valence-electron chi connectivity index (χ3n) is 1.37. The lowest BCUT2D eigenvalue weighted by Crippen LogP contribution is -1.84. The van der Waals surface area contributed by atoms with E-state index in [0.717, 1.165) is 17.8 Å². The Hall–Kier alpha value is -0.850. The predicted octanol–water partition coefficient (Wildman–Crippen LogP) is 3.34. The molecule has 0 bridgehead atoms. The van der Waals surface area contributed by atoms with E-state index in [2.05, 4.69) is 18.0 Å². The molecule has 0 amide bonds. The van der Waals surface area contributed by atoms with Crippen molar-refractivity contribution in [3.8, 4) is 0 Å². The normalized spacial score (nSPS) is 14.5. The zero-order valence-corrected chi connectivity index (χ0v) is 7.89. The molecular formula is C10H17N. The van der Waals surface area contributed by atoms with E-state index in [1.807, 2.05) is 32.9 Å². The lowest BCUT2D eigenvalue weighted by molar-refractivity contribution is 1.22. The average molecular weight is 151 g/mol. The van der Waals surface area contributed by atoms with E-state index in [4.69, 9.17) is 0 Å². The second-order valence-electron chi connectivity index (χ2n) is 2.49. The highest BCUT2D eigenvalue weighted by atomic mass is 14.7. The van der Waals surface area contributed by atoms with Gasteiger partial charge in [-0.2, -0.15) is 0 Å². The summed E-state index contributed by atoms with van der Waals surface area (Å²) in [4.78, 5) is 4.32. The van der Waals surface area contributed by atoms with Crippen LogP contribution in [0.5, 0.6) is 0 Å². The predicted molar refractivity (Wildman–Crippen MR) is 52.0 cm³/mol. The van der Waals surface area contributed by atoms with Crippen LogP contribution in [0.3, 0.4) is 0 Å². The zero-order chi connectivity index (χ0) is 8.69. The molecule has 0 spiro atoms. The molecule has 0 aliphatic rings. The number of aliphatic imine (C=N–C) groups is 1. The van der Waals surface area contributed by atoms with Crippen LogP contribution >= 0.6 is 0 Å². The molecule has 0 aromatic carbocycles. The van der Waals surface area contributed by atoms with Gasteiger partial charge in [-0.25, -0.2) is 0 Å². The third kappa shape index (κ3) is 5.59. The second-order valence-corrected chi connectivity index (χ2v) is 2.49. The number of hydrogen-bond acceptors (Lipinski definition) is 1. The topological polar surface area (TPSA) is 12.4 Å². The largest absolute Gasteiger partial charge is 0.259 e. The lowest BCUT2D eigenvalue weighted by Gasteiger charge is -1.92. The van der Waals surface area contributed by atoms with Crippen LogP contribution in [0, 0.1) is 0 Å². The van der Waals surface area contributed by atoms with Gasteiger partial charge in [-0.3, -0.25) is 4.99 Å². The van der Waals surface area contributed by atoms with E-state index in [0.29, 0.717) is 0 Å². The molecule has 0 aliphatic carbocycles. The zero-order valence-electron chi connectivity index (χ0n) is 7.89. The van der Waals surface area contributed by atoms with Crippen molar-refractivity contribution in [3.05, 3.63) is 23.9 Å². The van der Waals surface area contributed by atoms with Gasteiger partial charge < -0.3 is 0 Å². The Morgan fingerprint density at radius 3 is 2.45 bits per heavy atom. The minimum absolute atomic E-state index is 1.07. The van der Waals surface area contributed by atoms with E-state index in [1.165, 1.54) is 0 Å². The molecule has 0 saturated heterocycles. The minimum atomic E-state index is 1.07. The van der Waals surface area contributed by atoms with E-state index in [9.17, 15) is 0 Å². The van der Waals surface area contributed by atoms with E-state index >= 15 is 0 Å². The van der Waals surface area contributed by atoms with Crippen LogP contribution in [0.2, 0.25) is 0 Å². The number of rotatable bonds is 3. The molecule has 0 rings (SSSR count). The second kappa shape index (κ2) is 5.90. The van der Waals surface area contributed by atoms with Gasteiger partial charge in [-0.1, -0.05) is 19.1 Å². The van der Waals surface area contributed by atoms with Crippen LogP contribution < -0.4 is 0 Å². The van der Waals surface area contributed by atoms with Gasteiger partial charge in [-0.15, -0.1) is 0 Å². The maximum absolute atomic E-state index is 4.32.